The molecule has 0 N–H and O–H groups in total. The number of nitrogens with zero attached hydrogens (tertiary/aromatic N) is 2. The van der Waals surface area contributed by atoms with Gasteiger partial charge in [0.2, 0.25) is 5.88 Å². The van der Waals surface area contributed by atoms with E-state index < -0.39 is 0 Å². The average molecular weight is 389 g/mol. The first kappa shape index (κ1) is 17.0. The molecule has 0 saturated carbocycles. The number of pyridine rings is 1. The molecule has 5 heteroatoms. The lowest BCUT2D eigenvalue weighted by Gasteiger charge is -2.35. The van der Waals surface area contributed by atoms with Crippen LogP contribution >= 0.6 is 15.9 Å². The van der Waals surface area contributed by atoms with Crippen LogP contribution in [-0.4, -0.2) is 28.9 Å². The summed E-state index contributed by atoms with van der Waals surface area (Å²) in [6.07, 6.45) is 2.78. The minimum Gasteiger partial charge on any atom is -0.439 e. The van der Waals surface area contributed by atoms with E-state index in [0.29, 0.717) is 29.0 Å². The van der Waals surface area contributed by atoms with E-state index in [1.54, 1.807) is 18.3 Å². The van der Waals surface area contributed by atoms with Crippen LogP contribution in [0, 0.1) is 11.8 Å². The Labute approximate surface area is 151 Å². The Bertz CT molecular complexity index is 708. The number of ether oxygens (including phenoxy) is 1. The summed E-state index contributed by atoms with van der Waals surface area (Å²) in [5.74, 6) is 2.32. The number of rotatable bonds is 3. The molecule has 0 aliphatic carbocycles. The zero-order chi connectivity index (χ0) is 17.1. The predicted molar refractivity (Wildman–Crippen MR) is 97.3 cm³/mol. The topological polar surface area (TPSA) is 42.4 Å². The van der Waals surface area contributed by atoms with Gasteiger partial charge < -0.3 is 9.64 Å². The number of aromatic nitrogens is 1. The Morgan fingerprint density at radius 2 is 1.96 bits per heavy atom. The average Bonchev–Trinajstić information content (AvgIpc) is 2.54. The van der Waals surface area contributed by atoms with E-state index in [0.717, 1.165) is 17.6 Å². The summed E-state index contributed by atoms with van der Waals surface area (Å²) in [5, 5.41) is 0. The Hall–Kier alpha value is -1.88. The predicted octanol–water partition coefficient (Wildman–Crippen LogP) is 4.75. The fourth-order valence-corrected chi connectivity index (χ4v) is 3.61. The fraction of sp³-hybridized carbons (Fsp3) is 0.368. The van der Waals surface area contributed by atoms with Gasteiger partial charge in [-0.05, 0) is 42.5 Å². The summed E-state index contributed by atoms with van der Waals surface area (Å²) >= 11 is 3.41. The van der Waals surface area contributed by atoms with Crippen molar-refractivity contribution in [1.29, 1.82) is 0 Å². The first-order valence-electron chi connectivity index (χ1n) is 8.20. The van der Waals surface area contributed by atoms with Crippen molar-refractivity contribution in [2.24, 2.45) is 11.8 Å². The van der Waals surface area contributed by atoms with Crippen LogP contribution in [0.2, 0.25) is 0 Å². The van der Waals surface area contributed by atoms with Crippen LogP contribution in [0.1, 0.15) is 30.6 Å². The smallest absolute Gasteiger partial charge is 0.255 e. The number of carbonyl (C=O) groups is 1. The Balaban J connectivity index is 1.68. The van der Waals surface area contributed by atoms with Gasteiger partial charge in [0, 0.05) is 29.8 Å². The van der Waals surface area contributed by atoms with Crippen molar-refractivity contribution in [1.82, 2.24) is 9.88 Å². The second-order valence-electron chi connectivity index (χ2n) is 6.60. The number of amides is 1. The molecule has 0 spiro atoms. The largest absolute Gasteiger partial charge is 0.439 e. The number of carbonyl (C=O) groups excluding carboxylic acids is 1. The Morgan fingerprint density at radius 1 is 1.21 bits per heavy atom. The summed E-state index contributed by atoms with van der Waals surface area (Å²) in [6, 6.07) is 11.1. The van der Waals surface area contributed by atoms with Crippen LogP contribution in [0.5, 0.6) is 11.6 Å². The van der Waals surface area contributed by atoms with Gasteiger partial charge in [0.25, 0.3) is 5.91 Å². The van der Waals surface area contributed by atoms with Gasteiger partial charge in [-0.3, -0.25) is 4.79 Å². The summed E-state index contributed by atoms with van der Waals surface area (Å²) in [5.41, 5.74) is 0.609. The molecule has 1 aliphatic heterocycles. The van der Waals surface area contributed by atoms with Gasteiger partial charge in [0.1, 0.15) is 5.75 Å². The van der Waals surface area contributed by atoms with Gasteiger partial charge in [-0.15, -0.1) is 0 Å². The number of likely N-dealkylation sites (tertiary alicyclic amines) is 1. The third-order valence-electron chi connectivity index (χ3n) is 4.16. The maximum atomic E-state index is 12.6. The maximum Gasteiger partial charge on any atom is 0.255 e. The van der Waals surface area contributed by atoms with Crippen molar-refractivity contribution >= 4 is 21.8 Å². The number of hydrogen-bond donors (Lipinski definition) is 0. The Kier molecular flexibility index (Phi) is 5.19. The van der Waals surface area contributed by atoms with Crippen LogP contribution in [0.3, 0.4) is 0 Å². The third-order valence-corrected chi connectivity index (χ3v) is 4.65. The molecule has 1 aliphatic rings. The lowest BCUT2D eigenvalue weighted by atomic mass is 9.91. The van der Waals surface area contributed by atoms with E-state index in [1.165, 1.54) is 6.42 Å². The van der Waals surface area contributed by atoms with Gasteiger partial charge in [-0.1, -0.05) is 35.8 Å². The lowest BCUT2D eigenvalue weighted by Crippen LogP contribution is -2.42. The molecular weight excluding hydrogens is 368 g/mol. The minimum absolute atomic E-state index is 0.0508. The number of halogens is 1. The molecule has 1 saturated heterocycles. The van der Waals surface area contributed by atoms with Crippen LogP contribution < -0.4 is 4.74 Å². The van der Waals surface area contributed by atoms with Crippen molar-refractivity contribution < 1.29 is 9.53 Å². The highest BCUT2D eigenvalue weighted by molar-refractivity contribution is 9.10. The first-order chi connectivity index (χ1) is 11.5. The van der Waals surface area contributed by atoms with E-state index in [2.05, 4.69) is 34.8 Å². The van der Waals surface area contributed by atoms with Crippen LogP contribution in [-0.2, 0) is 0 Å². The van der Waals surface area contributed by atoms with Gasteiger partial charge in [0.15, 0.2) is 0 Å². The van der Waals surface area contributed by atoms with Crippen LogP contribution in [0.15, 0.2) is 47.1 Å². The standard InChI is InChI=1S/C19H21BrN2O2/c1-13-8-14(2)12-22(11-13)19(23)15-6-7-18(21-10-15)24-17-5-3-4-16(20)9-17/h3-7,9-10,13-14H,8,11-12H2,1-2H3/t13-,14-/m0/s1. The molecule has 1 amide bonds. The van der Waals surface area contributed by atoms with E-state index in [1.807, 2.05) is 29.2 Å². The minimum atomic E-state index is 0.0508. The lowest BCUT2D eigenvalue weighted by molar-refractivity contribution is 0.0622. The molecule has 24 heavy (non-hydrogen) atoms. The molecule has 0 radical (unpaired) electrons. The number of benzene rings is 1. The van der Waals surface area contributed by atoms with Crippen molar-refractivity contribution in [3.8, 4) is 11.6 Å². The molecule has 126 valence electrons. The Morgan fingerprint density at radius 3 is 2.58 bits per heavy atom. The van der Waals surface area contributed by atoms with E-state index in [4.69, 9.17) is 4.74 Å². The van der Waals surface area contributed by atoms with Crippen LogP contribution in [0.4, 0.5) is 0 Å². The summed E-state index contributed by atoms with van der Waals surface area (Å²) in [4.78, 5) is 18.9. The molecule has 4 nitrogen and oxygen atoms in total. The van der Waals surface area contributed by atoms with E-state index in [-0.39, 0.29) is 5.91 Å². The molecule has 2 atom stereocenters. The highest BCUT2D eigenvalue weighted by Crippen LogP contribution is 2.25. The molecule has 0 bridgehead atoms. The molecule has 2 heterocycles. The maximum absolute atomic E-state index is 12.6. The molecule has 1 aromatic heterocycles. The van der Waals surface area contributed by atoms with E-state index in [9.17, 15) is 4.79 Å². The fourth-order valence-electron chi connectivity index (χ4n) is 3.23. The SMILES string of the molecule is C[C@H]1C[C@H](C)CN(C(=O)c2ccc(Oc3cccc(Br)c3)nc2)C1. The number of hydrogen-bond acceptors (Lipinski definition) is 3. The van der Waals surface area contributed by atoms with Crippen LogP contribution in [0.25, 0.3) is 0 Å². The summed E-state index contributed by atoms with van der Waals surface area (Å²) < 4.78 is 6.65. The normalized spacial score (nSPS) is 20.7. The van der Waals surface area contributed by atoms with Gasteiger partial charge in [-0.25, -0.2) is 4.98 Å². The molecular formula is C19H21BrN2O2. The van der Waals surface area contributed by atoms with Crippen molar-refractivity contribution in [2.45, 2.75) is 20.3 Å². The third kappa shape index (κ3) is 4.15. The quantitative estimate of drug-likeness (QED) is 0.761. The second kappa shape index (κ2) is 7.34. The zero-order valence-corrected chi connectivity index (χ0v) is 15.5. The molecule has 2 aromatic rings. The summed E-state index contributed by atoms with van der Waals surface area (Å²) in [6.45, 7) is 6.03. The number of piperidine rings is 1. The zero-order valence-electron chi connectivity index (χ0n) is 13.9. The van der Waals surface area contributed by atoms with E-state index >= 15 is 0 Å². The second-order valence-corrected chi connectivity index (χ2v) is 7.52. The summed E-state index contributed by atoms with van der Waals surface area (Å²) in [7, 11) is 0. The highest BCUT2D eigenvalue weighted by Gasteiger charge is 2.26. The highest BCUT2D eigenvalue weighted by atomic mass is 79.9. The van der Waals surface area contributed by atoms with Gasteiger partial charge in [-0.2, -0.15) is 0 Å². The molecule has 0 unspecified atom stereocenters. The molecule has 1 aromatic carbocycles. The molecule has 3 rings (SSSR count). The van der Waals surface area contributed by atoms with Gasteiger partial charge >= 0.3 is 0 Å². The van der Waals surface area contributed by atoms with Crippen molar-refractivity contribution in [3.05, 3.63) is 52.6 Å². The monoisotopic (exact) mass is 388 g/mol. The van der Waals surface area contributed by atoms with Crippen molar-refractivity contribution in [3.63, 3.8) is 0 Å². The first-order valence-corrected chi connectivity index (χ1v) is 8.99. The molecule has 1 fully saturated rings. The van der Waals surface area contributed by atoms with Gasteiger partial charge in [0.05, 0.1) is 5.56 Å². The van der Waals surface area contributed by atoms with Crippen molar-refractivity contribution in [2.75, 3.05) is 13.1 Å².